The number of para-hydroxylation sites is 2. The zero-order valence-electron chi connectivity index (χ0n) is 18.1. The Hall–Kier alpha value is -3.93. The minimum Gasteiger partial charge on any atom is -0.493 e. The molecule has 0 aliphatic heterocycles. The summed E-state index contributed by atoms with van der Waals surface area (Å²) in [5.41, 5.74) is 2.41. The number of fused-ring (bicyclic) bond motifs is 1. The zero-order valence-corrected chi connectivity index (χ0v) is 18.1. The number of benzene rings is 3. The Morgan fingerprint density at radius 2 is 1.66 bits per heavy atom. The van der Waals surface area contributed by atoms with Gasteiger partial charge >= 0.3 is 0 Å². The predicted molar refractivity (Wildman–Crippen MR) is 123 cm³/mol. The van der Waals surface area contributed by atoms with Gasteiger partial charge in [-0.1, -0.05) is 42.5 Å². The van der Waals surface area contributed by atoms with E-state index in [2.05, 4.69) is 5.32 Å². The van der Waals surface area contributed by atoms with Crippen LogP contribution in [0.2, 0.25) is 0 Å². The maximum atomic E-state index is 13.0. The van der Waals surface area contributed by atoms with Crippen molar-refractivity contribution in [3.05, 3.63) is 89.7 Å². The lowest BCUT2D eigenvalue weighted by molar-refractivity contribution is 0.0925. The smallest absolute Gasteiger partial charge is 0.287 e. The lowest BCUT2D eigenvalue weighted by atomic mass is 10.1. The maximum Gasteiger partial charge on any atom is 0.287 e. The molecule has 0 aliphatic rings. The van der Waals surface area contributed by atoms with Gasteiger partial charge in [0.25, 0.3) is 5.91 Å². The Kier molecular flexibility index (Phi) is 6.60. The third-order valence-corrected chi connectivity index (χ3v) is 5.18. The highest BCUT2D eigenvalue weighted by atomic mass is 16.5. The third-order valence-electron chi connectivity index (χ3n) is 5.18. The number of hydrogen-bond donors (Lipinski definition) is 1. The average molecular weight is 431 g/mol. The Balaban J connectivity index is 1.47. The molecule has 3 aromatic carbocycles. The molecular weight excluding hydrogens is 406 g/mol. The van der Waals surface area contributed by atoms with Crippen LogP contribution in [-0.4, -0.2) is 26.7 Å². The normalized spacial score (nSPS) is 10.7. The molecule has 1 N–H and O–H groups in total. The summed E-state index contributed by atoms with van der Waals surface area (Å²) in [7, 11) is 3.20. The monoisotopic (exact) mass is 431 g/mol. The van der Waals surface area contributed by atoms with Gasteiger partial charge in [0.1, 0.15) is 17.9 Å². The molecule has 6 nitrogen and oxygen atoms in total. The van der Waals surface area contributed by atoms with Crippen molar-refractivity contribution in [1.82, 2.24) is 5.32 Å². The minimum atomic E-state index is -0.270. The summed E-state index contributed by atoms with van der Waals surface area (Å²) in [6.45, 7) is 0.684. The number of nitrogens with one attached hydrogen (secondary N) is 1. The number of carbonyl (C=O) groups is 1. The van der Waals surface area contributed by atoms with E-state index in [4.69, 9.17) is 18.6 Å². The molecule has 0 atom stereocenters. The van der Waals surface area contributed by atoms with Crippen LogP contribution < -0.4 is 19.5 Å². The first-order valence-corrected chi connectivity index (χ1v) is 10.4. The summed E-state index contributed by atoms with van der Waals surface area (Å²) in [4.78, 5) is 13.0. The highest BCUT2D eigenvalue weighted by Crippen LogP contribution is 2.28. The second kappa shape index (κ2) is 9.92. The van der Waals surface area contributed by atoms with Gasteiger partial charge in [-0.3, -0.25) is 4.79 Å². The van der Waals surface area contributed by atoms with Crippen LogP contribution in [0.3, 0.4) is 0 Å². The fourth-order valence-electron chi connectivity index (χ4n) is 3.53. The van der Waals surface area contributed by atoms with Gasteiger partial charge in [0.15, 0.2) is 17.3 Å². The van der Waals surface area contributed by atoms with Crippen molar-refractivity contribution >= 4 is 16.9 Å². The molecule has 0 saturated carbocycles. The van der Waals surface area contributed by atoms with Crippen LogP contribution in [0.5, 0.6) is 17.2 Å². The van der Waals surface area contributed by atoms with E-state index >= 15 is 0 Å². The third kappa shape index (κ3) is 4.70. The first kappa shape index (κ1) is 21.3. The highest BCUT2D eigenvalue weighted by molar-refractivity contribution is 5.99. The number of methoxy groups -OCH3 is 2. The summed E-state index contributed by atoms with van der Waals surface area (Å²) in [5.74, 6) is 2.07. The SMILES string of the molecule is COc1ccc(CCNC(=O)c2oc3ccccc3c2COc2ccccc2)cc1OC. The van der Waals surface area contributed by atoms with Crippen molar-refractivity contribution in [2.45, 2.75) is 13.0 Å². The van der Waals surface area contributed by atoms with Crippen molar-refractivity contribution in [3.63, 3.8) is 0 Å². The van der Waals surface area contributed by atoms with Crippen LogP contribution in [0, 0.1) is 0 Å². The molecule has 0 unspecified atom stereocenters. The van der Waals surface area contributed by atoms with Crippen LogP contribution >= 0.6 is 0 Å². The van der Waals surface area contributed by atoms with E-state index in [0.29, 0.717) is 30.0 Å². The summed E-state index contributed by atoms with van der Waals surface area (Å²) in [5, 5.41) is 3.82. The molecule has 164 valence electrons. The lowest BCUT2D eigenvalue weighted by Gasteiger charge is -2.10. The minimum absolute atomic E-state index is 0.236. The molecule has 6 heteroatoms. The van der Waals surface area contributed by atoms with Gasteiger partial charge < -0.3 is 23.9 Å². The van der Waals surface area contributed by atoms with Gasteiger partial charge in [0.2, 0.25) is 0 Å². The van der Waals surface area contributed by atoms with Crippen molar-refractivity contribution in [1.29, 1.82) is 0 Å². The molecular formula is C26H25NO5. The fraction of sp³-hybridized carbons (Fsp3) is 0.192. The van der Waals surface area contributed by atoms with E-state index in [9.17, 15) is 4.79 Å². The Bertz CT molecular complexity index is 1200. The van der Waals surface area contributed by atoms with Crippen molar-refractivity contribution in [2.24, 2.45) is 0 Å². The molecule has 0 spiro atoms. The molecule has 32 heavy (non-hydrogen) atoms. The molecule has 1 heterocycles. The van der Waals surface area contributed by atoms with Gasteiger partial charge in [-0.05, 0) is 42.3 Å². The van der Waals surface area contributed by atoms with Gasteiger partial charge in [-0.25, -0.2) is 0 Å². The highest BCUT2D eigenvalue weighted by Gasteiger charge is 2.21. The molecule has 4 aromatic rings. The second-order valence-corrected chi connectivity index (χ2v) is 7.20. The maximum absolute atomic E-state index is 13.0. The summed E-state index contributed by atoms with van der Waals surface area (Å²) >= 11 is 0. The van der Waals surface area contributed by atoms with Crippen LogP contribution in [0.25, 0.3) is 11.0 Å². The van der Waals surface area contributed by atoms with Gasteiger partial charge in [0, 0.05) is 17.5 Å². The summed E-state index contributed by atoms with van der Waals surface area (Å²) in [6.07, 6.45) is 0.641. The number of ether oxygens (including phenoxy) is 3. The first-order chi connectivity index (χ1) is 15.7. The quantitative estimate of drug-likeness (QED) is 0.404. The average Bonchev–Trinajstić information content (AvgIpc) is 3.22. The summed E-state index contributed by atoms with van der Waals surface area (Å²) < 4.78 is 22.4. The van der Waals surface area contributed by atoms with Crippen LogP contribution in [0.15, 0.2) is 77.2 Å². The van der Waals surface area contributed by atoms with Crippen LogP contribution in [-0.2, 0) is 13.0 Å². The Morgan fingerprint density at radius 3 is 2.44 bits per heavy atom. The van der Waals surface area contributed by atoms with Gasteiger partial charge in [0.05, 0.1) is 14.2 Å². The van der Waals surface area contributed by atoms with E-state index in [1.54, 1.807) is 14.2 Å². The van der Waals surface area contributed by atoms with Crippen LogP contribution in [0.1, 0.15) is 21.7 Å². The van der Waals surface area contributed by atoms with E-state index in [0.717, 1.165) is 22.3 Å². The number of furan rings is 1. The number of carbonyl (C=O) groups excluding carboxylic acids is 1. The van der Waals surface area contributed by atoms with Crippen molar-refractivity contribution in [3.8, 4) is 17.2 Å². The topological polar surface area (TPSA) is 69.9 Å². The molecule has 1 aromatic heterocycles. The van der Waals surface area contributed by atoms with E-state index < -0.39 is 0 Å². The van der Waals surface area contributed by atoms with E-state index in [1.807, 2.05) is 72.8 Å². The van der Waals surface area contributed by atoms with Crippen molar-refractivity contribution < 1.29 is 23.4 Å². The van der Waals surface area contributed by atoms with Gasteiger partial charge in [-0.2, -0.15) is 0 Å². The summed E-state index contributed by atoms with van der Waals surface area (Å²) in [6, 6.07) is 22.8. The standard InChI is InChI=1S/C26H25NO5/c1-29-23-13-12-18(16-24(23)30-2)14-15-27-26(28)25-21(17-31-19-8-4-3-5-9-19)20-10-6-7-11-22(20)32-25/h3-13,16H,14-15,17H2,1-2H3,(H,27,28). The van der Waals surface area contributed by atoms with Crippen molar-refractivity contribution in [2.75, 3.05) is 20.8 Å². The molecule has 4 rings (SSSR count). The zero-order chi connectivity index (χ0) is 22.3. The second-order valence-electron chi connectivity index (χ2n) is 7.20. The molecule has 0 fully saturated rings. The Labute approximate surface area is 186 Å². The molecule has 0 radical (unpaired) electrons. The molecule has 1 amide bonds. The Morgan fingerprint density at radius 1 is 0.906 bits per heavy atom. The molecule has 0 bridgehead atoms. The fourth-order valence-corrected chi connectivity index (χ4v) is 3.53. The molecule has 0 saturated heterocycles. The van der Waals surface area contributed by atoms with E-state index in [-0.39, 0.29) is 18.3 Å². The lowest BCUT2D eigenvalue weighted by Crippen LogP contribution is -2.26. The number of amides is 1. The molecule has 0 aliphatic carbocycles. The van der Waals surface area contributed by atoms with Gasteiger partial charge in [-0.15, -0.1) is 0 Å². The predicted octanol–water partition coefficient (Wildman–Crippen LogP) is 5.00. The largest absolute Gasteiger partial charge is 0.493 e. The number of rotatable bonds is 9. The van der Waals surface area contributed by atoms with Crippen LogP contribution in [0.4, 0.5) is 0 Å². The first-order valence-electron chi connectivity index (χ1n) is 10.4. The number of hydrogen-bond acceptors (Lipinski definition) is 5. The van der Waals surface area contributed by atoms with E-state index in [1.165, 1.54) is 0 Å².